The summed E-state index contributed by atoms with van der Waals surface area (Å²) in [4.78, 5) is 0. The minimum Gasteiger partial charge on any atom is -0.503 e. The van der Waals surface area contributed by atoms with E-state index < -0.39 is 18.8 Å². The van der Waals surface area contributed by atoms with Crippen molar-refractivity contribution >= 4 is 11.6 Å². The first-order valence-corrected chi connectivity index (χ1v) is 4.92. The van der Waals surface area contributed by atoms with E-state index in [1.807, 2.05) is 0 Å². The summed E-state index contributed by atoms with van der Waals surface area (Å²) in [6.45, 7) is -0.581. The second kappa shape index (κ2) is 5.36. The average molecular weight is 249 g/mol. The van der Waals surface area contributed by atoms with Crippen LogP contribution in [0.5, 0.6) is 11.5 Å². The van der Waals surface area contributed by atoms with Gasteiger partial charge in [0.2, 0.25) is 0 Å². The molecule has 6 heteroatoms. The summed E-state index contributed by atoms with van der Waals surface area (Å²) >= 11 is 5.70. The molecule has 5 nitrogen and oxygen atoms in total. The van der Waals surface area contributed by atoms with E-state index in [1.54, 1.807) is 0 Å². The van der Waals surface area contributed by atoms with E-state index in [2.05, 4.69) is 0 Å². The molecule has 16 heavy (non-hydrogen) atoms. The first-order valence-electron chi connectivity index (χ1n) is 4.54. The smallest absolute Gasteiger partial charge is 0.176 e. The maximum Gasteiger partial charge on any atom is 0.176 e. The number of rotatable bonds is 4. The monoisotopic (exact) mass is 248 g/mol. The van der Waals surface area contributed by atoms with E-state index in [0.717, 1.165) is 0 Å². The number of aliphatic hydroxyl groups is 3. The highest BCUT2D eigenvalue weighted by Crippen LogP contribution is 2.37. The number of halogens is 1. The lowest BCUT2D eigenvalue weighted by atomic mass is 10.0. The molecule has 4 N–H and O–H groups in total. The van der Waals surface area contributed by atoms with Crippen LogP contribution in [-0.4, -0.2) is 40.2 Å². The van der Waals surface area contributed by atoms with Gasteiger partial charge in [0.05, 0.1) is 18.7 Å². The molecule has 0 aliphatic carbocycles. The van der Waals surface area contributed by atoms with Gasteiger partial charge in [-0.2, -0.15) is 0 Å². The Bertz CT molecular complexity index is 368. The van der Waals surface area contributed by atoms with Crippen LogP contribution in [0.2, 0.25) is 5.02 Å². The molecule has 90 valence electrons. The van der Waals surface area contributed by atoms with Gasteiger partial charge in [0, 0.05) is 0 Å². The van der Waals surface area contributed by atoms with Crippen molar-refractivity contribution in [3.63, 3.8) is 0 Å². The number of methoxy groups -OCH3 is 1. The number of phenols is 1. The third-order valence-corrected chi connectivity index (χ3v) is 2.45. The SMILES string of the molecule is COc1cc(C(O)C(O)CO)cc(Cl)c1O. The van der Waals surface area contributed by atoms with Gasteiger partial charge in [0.15, 0.2) is 11.5 Å². The van der Waals surface area contributed by atoms with Crippen LogP contribution in [-0.2, 0) is 0 Å². The second-order valence-corrected chi connectivity index (χ2v) is 3.66. The van der Waals surface area contributed by atoms with Crippen LogP contribution in [0, 0.1) is 0 Å². The van der Waals surface area contributed by atoms with Gasteiger partial charge in [0.25, 0.3) is 0 Å². The molecule has 0 amide bonds. The topological polar surface area (TPSA) is 90.2 Å². The Balaban J connectivity index is 3.10. The van der Waals surface area contributed by atoms with Gasteiger partial charge >= 0.3 is 0 Å². The zero-order valence-electron chi connectivity index (χ0n) is 8.59. The minimum atomic E-state index is -1.31. The predicted molar refractivity (Wildman–Crippen MR) is 57.7 cm³/mol. The Morgan fingerprint density at radius 3 is 2.50 bits per heavy atom. The summed E-state index contributed by atoms with van der Waals surface area (Å²) in [6, 6.07) is 2.63. The predicted octanol–water partition coefficient (Wildman–Crippen LogP) is 0.441. The lowest BCUT2D eigenvalue weighted by molar-refractivity contribution is -0.0153. The largest absolute Gasteiger partial charge is 0.503 e. The number of hydrogen-bond acceptors (Lipinski definition) is 5. The third kappa shape index (κ3) is 2.56. The molecule has 1 aromatic rings. The number of benzene rings is 1. The summed E-state index contributed by atoms with van der Waals surface area (Å²) < 4.78 is 4.84. The number of hydrogen-bond donors (Lipinski definition) is 4. The zero-order valence-corrected chi connectivity index (χ0v) is 9.35. The van der Waals surface area contributed by atoms with E-state index in [1.165, 1.54) is 19.2 Å². The highest BCUT2D eigenvalue weighted by Gasteiger charge is 2.20. The highest BCUT2D eigenvalue weighted by molar-refractivity contribution is 6.32. The summed E-state index contributed by atoms with van der Waals surface area (Å²) in [5, 5.41) is 37.0. The van der Waals surface area contributed by atoms with Crippen LogP contribution in [0.1, 0.15) is 11.7 Å². The first-order chi connectivity index (χ1) is 7.51. The molecule has 2 atom stereocenters. The molecule has 2 unspecified atom stereocenters. The van der Waals surface area contributed by atoms with Crippen LogP contribution < -0.4 is 4.74 Å². The molecule has 0 aliphatic heterocycles. The van der Waals surface area contributed by atoms with Gasteiger partial charge in [-0.3, -0.25) is 0 Å². The van der Waals surface area contributed by atoms with Crippen LogP contribution in [0.3, 0.4) is 0 Å². The molecule has 0 aliphatic rings. The number of aliphatic hydroxyl groups excluding tert-OH is 3. The summed E-state index contributed by atoms with van der Waals surface area (Å²) in [5.41, 5.74) is 0.251. The van der Waals surface area contributed by atoms with Crippen molar-refractivity contribution in [1.29, 1.82) is 0 Å². The second-order valence-electron chi connectivity index (χ2n) is 3.25. The summed E-state index contributed by atoms with van der Waals surface area (Å²) in [5.74, 6) is -0.148. The molecule has 0 heterocycles. The number of phenolic OH excluding ortho intramolecular Hbond substituents is 1. The Hall–Kier alpha value is -1.01. The van der Waals surface area contributed by atoms with Crippen molar-refractivity contribution in [3.05, 3.63) is 22.7 Å². The normalized spacial score (nSPS) is 14.6. The molecule has 0 spiro atoms. The third-order valence-electron chi connectivity index (χ3n) is 2.16. The minimum absolute atomic E-state index is 0.00135. The summed E-state index contributed by atoms with van der Waals surface area (Å²) in [6.07, 6.45) is -2.61. The molecule has 0 fully saturated rings. The van der Waals surface area contributed by atoms with Gasteiger partial charge in [-0.05, 0) is 17.7 Å². The zero-order chi connectivity index (χ0) is 12.3. The van der Waals surface area contributed by atoms with Crippen LogP contribution >= 0.6 is 11.6 Å². The summed E-state index contributed by atoms with van der Waals surface area (Å²) in [7, 11) is 1.34. The molecule has 1 aromatic carbocycles. The maximum atomic E-state index is 9.62. The van der Waals surface area contributed by atoms with Crippen LogP contribution in [0.4, 0.5) is 0 Å². The number of aromatic hydroxyl groups is 1. The van der Waals surface area contributed by atoms with Crippen molar-refractivity contribution < 1.29 is 25.2 Å². The fraction of sp³-hybridized carbons (Fsp3) is 0.400. The lowest BCUT2D eigenvalue weighted by Gasteiger charge is -2.17. The van der Waals surface area contributed by atoms with Crippen molar-refractivity contribution in [2.24, 2.45) is 0 Å². The van der Waals surface area contributed by atoms with Gasteiger partial charge < -0.3 is 25.2 Å². The van der Waals surface area contributed by atoms with E-state index >= 15 is 0 Å². The fourth-order valence-electron chi connectivity index (χ4n) is 1.24. The Morgan fingerprint density at radius 1 is 1.38 bits per heavy atom. The quantitative estimate of drug-likeness (QED) is 0.621. The van der Waals surface area contributed by atoms with Crippen LogP contribution in [0.25, 0.3) is 0 Å². The van der Waals surface area contributed by atoms with Gasteiger partial charge in [-0.1, -0.05) is 11.6 Å². The fourth-order valence-corrected chi connectivity index (χ4v) is 1.46. The van der Waals surface area contributed by atoms with Crippen molar-refractivity contribution in [2.75, 3.05) is 13.7 Å². The van der Waals surface area contributed by atoms with Crippen molar-refractivity contribution in [2.45, 2.75) is 12.2 Å². The van der Waals surface area contributed by atoms with Crippen molar-refractivity contribution in [3.8, 4) is 11.5 Å². The van der Waals surface area contributed by atoms with Gasteiger partial charge in [-0.15, -0.1) is 0 Å². The molecular formula is C10H13ClO5. The Morgan fingerprint density at radius 2 is 2.00 bits per heavy atom. The first kappa shape index (κ1) is 13.1. The van der Waals surface area contributed by atoms with Crippen molar-refractivity contribution in [1.82, 2.24) is 0 Å². The standard InChI is InChI=1S/C10H13ClO5/c1-16-8-3-5(2-6(11)10(8)15)9(14)7(13)4-12/h2-3,7,9,12-15H,4H2,1H3. The highest BCUT2D eigenvalue weighted by atomic mass is 35.5. The molecule has 0 radical (unpaired) electrons. The Kier molecular flexibility index (Phi) is 4.37. The molecule has 0 bridgehead atoms. The van der Waals surface area contributed by atoms with E-state index in [4.69, 9.17) is 21.4 Å². The maximum absolute atomic E-state index is 9.62. The van der Waals surface area contributed by atoms with Gasteiger partial charge in [-0.25, -0.2) is 0 Å². The Labute approximate surface area is 97.5 Å². The molecule has 0 aromatic heterocycles. The average Bonchev–Trinajstić information content (AvgIpc) is 2.30. The van der Waals surface area contributed by atoms with Crippen LogP contribution in [0.15, 0.2) is 12.1 Å². The van der Waals surface area contributed by atoms with E-state index in [0.29, 0.717) is 0 Å². The number of ether oxygens (including phenoxy) is 1. The molecule has 1 rings (SSSR count). The molecule has 0 saturated carbocycles. The lowest BCUT2D eigenvalue weighted by Crippen LogP contribution is -2.22. The van der Waals surface area contributed by atoms with E-state index in [-0.39, 0.29) is 22.1 Å². The van der Waals surface area contributed by atoms with E-state index in [9.17, 15) is 15.3 Å². The molecule has 0 saturated heterocycles. The molecular weight excluding hydrogens is 236 g/mol. The van der Waals surface area contributed by atoms with Gasteiger partial charge in [0.1, 0.15) is 12.2 Å².